The molecule has 3 amide bonds. The van der Waals surface area contributed by atoms with E-state index in [2.05, 4.69) is 17.4 Å². The van der Waals surface area contributed by atoms with Crippen LogP contribution in [-0.2, 0) is 24.2 Å². The Labute approximate surface area is 135 Å². The zero-order chi connectivity index (χ0) is 16.2. The van der Waals surface area contributed by atoms with E-state index in [1.807, 2.05) is 24.3 Å². The number of nitrogens with zero attached hydrogens (tertiary/aromatic N) is 1. The Bertz CT molecular complexity index is 743. The number of primary amides is 1. The van der Waals surface area contributed by atoms with Crippen molar-refractivity contribution >= 4 is 17.6 Å². The molecule has 0 saturated heterocycles. The Kier molecular flexibility index (Phi) is 4.28. The average Bonchev–Trinajstić information content (AvgIpc) is 2.55. The van der Waals surface area contributed by atoms with Crippen molar-refractivity contribution in [1.29, 1.82) is 0 Å². The van der Waals surface area contributed by atoms with E-state index in [1.165, 1.54) is 11.1 Å². The topological polar surface area (TPSA) is 75.4 Å². The number of hydrogen-bond donors (Lipinski definition) is 2. The standard InChI is InChI=1S/C18H19N3O2/c19-17(22)11-14-6-3-4-8-16(14)20-18(23)21-10-9-13-5-1-2-7-15(13)12-21/h1-8H,9-12H2,(H2,19,22)(H,20,23). The molecule has 23 heavy (non-hydrogen) atoms. The number of nitrogens with two attached hydrogens (primary N) is 1. The molecule has 0 aromatic heterocycles. The molecule has 1 aliphatic heterocycles. The van der Waals surface area contributed by atoms with Gasteiger partial charge in [0.2, 0.25) is 5.91 Å². The van der Waals surface area contributed by atoms with Gasteiger partial charge in [0.1, 0.15) is 0 Å². The Morgan fingerprint density at radius 2 is 1.74 bits per heavy atom. The van der Waals surface area contributed by atoms with E-state index >= 15 is 0 Å². The molecule has 2 aromatic carbocycles. The van der Waals surface area contributed by atoms with Crippen LogP contribution in [0.3, 0.4) is 0 Å². The third kappa shape index (κ3) is 3.51. The first-order valence-electron chi connectivity index (χ1n) is 7.62. The van der Waals surface area contributed by atoms with Gasteiger partial charge in [0.15, 0.2) is 0 Å². The van der Waals surface area contributed by atoms with Gasteiger partial charge in [-0.05, 0) is 29.2 Å². The summed E-state index contributed by atoms with van der Waals surface area (Å²) in [5.41, 5.74) is 9.10. The fraction of sp³-hybridized carbons (Fsp3) is 0.222. The summed E-state index contributed by atoms with van der Waals surface area (Å²) in [6, 6.07) is 15.2. The van der Waals surface area contributed by atoms with Gasteiger partial charge in [0, 0.05) is 18.8 Å². The van der Waals surface area contributed by atoms with Gasteiger partial charge in [-0.2, -0.15) is 0 Å². The van der Waals surface area contributed by atoms with Crippen LogP contribution in [0.5, 0.6) is 0 Å². The van der Waals surface area contributed by atoms with E-state index in [0.29, 0.717) is 18.8 Å². The number of hydrogen-bond acceptors (Lipinski definition) is 2. The lowest BCUT2D eigenvalue weighted by Gasteiger charge is -2.29. The Morgan fingerprint density at radius 1 is 1.04 bits per heavy atom. The van der Waals surface area contributed by atoms with E-state index in [-0.39, 0.29) is 12.5 Å². The number of amides is 3. The normalized spacial score (nSPS) is 13.3. The molecule has 2 aromatic rings. The molecule has 5 heteroatoms. The van der Waals surface area contributed by atoms with Crippen molar-refractivity contribution in [2.45, 2.75) is 19.4 Å². The number of carbonyl (C=O) groups excluding carboxylic acids is 2. The van der Waals surface area contributed by atoms with Crippen LogP contribution >= 0.6 is 0 Å². The molecule has 3 rings (SSSR count). The van der Waals surface area contributed by atoms with Crippen molar-refractivity contribution in [1.82, 2.24) is 4.90 Å². The zero-order valence-corrected chi connectivity index (χ0v) is 12.8. The molecule has 0 spiro atoms. The third-order valence-electron chi connectivity index (χ3n) is 4.04. The summed E-state index contributed by atoms with van der Waals surface area (Å²) in [6.07, 6.45) is 0.964. The number of carbonyl (C=O) groups is 2. The van der Waals surface area contributed by atoms with Crippen LogP contribution in [0.25, 0.3) is 0 Å². The maximum atomic E-state index is 12.5. The summed E-state index contributed by atoms with van der Waals surface area (Å²) in [5, 5.41) is 2.90. The summed E-state index contributed by atoms with van der Waals surface area (Å²) in [6.45, 7) is 1.28. The number of para-hydroxylation sites is 1. The van der Waals surface area contributed by atoms with E-state index < -0.39 is 5.91 Å². The van der Waals surface area contributed by atoms with E-state index in [9.17, 15) is 9.59 Å². The van der Waals surface area contributed by atoms with E-state index in [1.54, 1.807) is 17.0 Å². The minimum atomic E-state index is -0.418. The third-order valence-corrected chi connectivity index (χ3v) is 4.04. The first kappa shape index (κ1) is 15.1. The van der Waals surface area contributed by atoms with Gasteiger partial charge in [0.25, 0.3) is 0 Å². The number of urea groups is 1. The van der Waals surface area contributed by atoms with Crippen LogP contribution in [-0.4, -0.2) is 23.4 Å². The molecule has 0 unspecified atom stereocenters. The minimum Gasteiger partial charge on any atom is -0.369 e. The second-order valence-corrected chi connectivity index (χ2v) is 5.67. The van der Waals surface area contributed by atoms with Crippen LogP contribution < -0.4 is 11.1 Å². The highest BCUT2D eigenvalue weighted by Crippen LogP contribution is 2.21. The van der Waals surface area contributed by atoms with Crippen molar-refractivity contribution in [2.24, 2.45) is 5.73 Å². The molecule has 0 fully saturated rings. The summed E-state index contributed by atoms with van der Waals surface area (Å²) in [5.74, 6) is -0.418. The lowest BCUT2D eigenvalue weighted by atomic mass is 10.0. The predicted octanol–water partition coefficient (Wildman–Crippen LogP) is 2.30. The molecule has 0 bridgehead atoms. The smallest absolute Gasteiger partial charge is 0.322 e. The molecule has 0 saturated carbocycles. The number of benzene rings is 2. The second-order valence-electron chi connectivity index (χ2n) is 5.67. The van der Waals surface area contributed by atoms with Crippen LogP contribution in [0.4, 0.5) is 10.5 Å². The van der Waals surface area contributed by atoms with Crippen molar-refractivity contribution in [3.05, 3.63) is 65.2 Å². The maximum absolute atomic E-state index is 12.5. The molecule has 118 valence electrons. The van der Waals surface area contributed by atoms with Gasteiger partial charge in [-0.15, -0.1) is 0 Å². The average molecular weight is 309 g/mol. The molecule has 0 aliphatic carbocycles. The van der Waals surface area contributed by atoms with Crippen molar-refractivity contribution in [2.75, 3.05) is 11.9 Å². The van der Waals surface area contributed by atoms with Crippen LogP contribution in [0.1, 0.15) is 16.7 Å². The number of anilines is 1. The molecule has 0 atom stereocenters. The zero-order valence-electron chi connectivity index (χ0n) is 12.8. The van der Waals surface area contributed by atoms with Gasteiger partial charge in [0.05, 0.1) is 6.42 Å². The van der Waals surface area contributed by atoms with Crippen LogP contribution in [0.2, 0.25) is 0 Å². The van der Waals surface area contributed by atoms with Crippen LogP contribution in [0, 0.1) is 0 Å². The van der Waals surface area contributed by atoms with Gasteiger partial charge in [-0.1, -0.05) is 42.5 Å². The fourth-order valence-electron chi connectivity index (χ4n) is 2.85. The SMILES string of the molecule is NC(=O)Cc1ccccc1NC(=O)N1CCc2ccccc2C1. The Hall–Kier alpha value is -2.82. The number of rotatable bonds is 3. The fourth-order valence-corrected chi connectivity index (χ4v) is 2.85. The lowest BCUT2D eigenvalue weighted by molar-refractivity contribution is -0.117. The maximum Gasteiger partial charge on any atom is 0.322 e. The monoisotopic (exact) mass is 309 g/mol. The van der Waals surface area contributed by atoms with E-state index in [4.69, 9.17) is 5.73 Å². The van der Waals surface area contributed by atoms with E-state index in [0.717, 1.165) is 12.0 Å². The molecule has 0 radical (unpaired) electrons. The Balaban J connectivity index is 1.72. The summed E-state index contributed by atoms with van der Waals surface area (Å²) in [7, 11) is 0. The van der Waals surface area contributed by atoms with Crippen LogP contribution in [0.15, 0.2) is 48.5 Å². The highest BCUT2D eigenvalue weighted by atomic mass is 16.2. The van der Waals surface area contributed by atoms with Gasteiger partial charge in [-0.3, -0.25) is 4.79 Å². The van der Waals surface area contributed by atoms with Crippen molar-refractivity contribution in [3.8, 4) is 0 Å². The first-order valence-corrected chi connectivity index (χ1v) is 7.62. The predicted molar refractivity (Wildman–Crippen MR) is 88.9 cm³/mol. The molecule has 1 aliphatic rings. The molecular weight excluding hydrogens is 290 g/mol. The minimum absolute atomic E-state index is 0.110. The van der Waals surface area contributed by atoms with Gasteiger partial charge >= 0.3 is 6.03 Å². The number of fused-ring (bicyclic) bond motifs is 1. The van der Waals surface area contributed by atoms with Gasteiger partial charge < -0.3 is 16.0 Å². The van der Waals surface area contributed by atoms with Gasteiger partial charge in [-0.25, -0.2) is 4.79 Å². The number of nitrogens with one attached hydrogen (secondary N) is 1. The highest BCUT2D eigenvalue weighted by molar-refractivity contribution is 5.91. The molecule has 1 heterocycles. The van der Waals surface area contributed by atoms with Crippen molar-refractivity contribution < 1.29 is 9.59 Å². The largest absolute Gasteiger partial charge is 0.369 e. The quantitative estimate of drug-likeness (QED) is 0.913. The second kappa shape index (κ2) is 6.52. The summed E-state index contributed by atoms with van der Waals surface area (Å²) >= 11 is 0. The van der Waals surface area contributed by atoms with Crippen molar-refractivity contribution in [3.63, 3.8) is 0 Å². The summed E-state index contributed by atoms with van der Waals surface area (Å²) in [4.78, 5) is 25.4. The summed E-state index contributed by atoms with van der Waals surface area (Å²) < 4.78 is 0. The first-order chi connectivity index (χ1) is 11.1. The highest BCUT2D eigenvalue weighted by Gasteiger charge is 2.21. The lowest BCUT2D eigenvalue weighted by Crippen LogP contribution is -2.39. The molecular formula is C18H19N3O2. The molecule has 5 nitrogen and oxygen atoms in total. The molecule has 3 N–H and O–H groups in total. The Morgan fingerprint density at radius 3 is 2.52 bits per heavy atom.